The second-order valence-corrected chi connectivity index (χ2v) is 4.26. The smallest absolute Gasteiger partial charge is 0.302 e. The summed E-state index contributed by atoms with van der Waals surface area (Å²) in [5, 5.41) is 0. The lowest BCUT2D eigenvalue weighted by Crippen LogP contribution is -2.11. The molecular formula is C14H28O4. The van der Waals surface area contributed by atoms with E-state index in [2.05, 4.69) is 13.8 Å². The highest BCUT2D eigenvalue weighted by atomic mass is 16.5. The molecule has 108 valence electrons. The Bertz CT molecular complexity index is 214. The molecule has 0 aromatic heterocycles. The summed E-state index contributed by atoms with van der Waals surface area (Å²) in [6, 6.07) is 0. The molecule has 0 aliphatic rings. The number of hydrogen-bond donors (Lipinski definition) is 0. The van der Waals surface area contributed by atoms with Gasteiger partial charge in [0.05, 0.1) is 12.7 Å². The number of esters is 2. The molecule has 4 nitrogen and oxygen atoms in total. The molecule has 0 aliphatic heterocycles. The number of ether oxygens (including phenoxy) is 2. The Labute approximate surface area is 111 Å². The van der Waals surface area contributed by atoms with Crippen molar-refractivity contribution >= 4 is 11.9 Å². The fraction of sp³-hybridized carbons (Fsp3) is 0.857. The second-order valence-electron chi connectivity index (χ2n) is 4.26. The van der Waals surface area contributed by atoms with E-state index in [1.54, 1.807) is 0 Å². The van der Waals surface area contributed by atoms with Crippen LogP contribution in [-0.4, -0.2) is 24.6 Å². The molecule has 0 saturated carbocycles. The van der Waals surface area contributed by atoms with Crippen LogP contribution >= 0.6 is 0 Å². The molecular weight excluding hydrogens is 232 g/mol. The molecule has 0 radical (unpaired) electrons. The lowest BCUT2D eigenvalue weighted by Gasteiger charge is -2.08. The highest BCUT2D eigenvalue weighted by molar-refractivity contribution is 5.66. The van der Waals surface area contributed by atoms with Crippen LogP contribution in [-0.2, 0) is 19.1 Å². The van der Waals surface area contributed by atoms with Crippen LogP contribution in [0.1, 0.15) is 66.7 Å². The van der Waals surface area contributed by atoms with E-state index in [0.29, 0.717) is 6.61 Å². The highest BCUT2D eigenvalue weighted by Gasteiger charge is 2.01. The summed E-state index contributed by atoms with van der Waals surface area (Å²) in [6.45, 7) is 9.56. The van der Waals surface area contributed by atoms with Crippen molar-refractivity contribution in [1.29, 1.82) is 0 Å². The topological polar surface area (TPSA) is 52.6 Å². The Morgan fingerprint density at radius 2 is 1.61 bits per heavy atom. The first-order chi connectivity index (χ1) is 8.43. The van der Waals surface area contributed by atoms with Crippen molar-refractivity contribution < 1.29 is 19.1 Å². The van der Waals surface area contributed by atoms with Crippen molar-refractivity contribution in [1.82, 2.24) is 0 Å². The van der Waals surface area contributed by atoms with Crippen molar-refractivity contribution in [3.8, 4) is 0 Å². The minimum absolute atomic E-state index is 0.0903. The lowest BCUT2D eigenvalue weighted by atomic mass is 10.2. The van der Waals surface area contributed by atoms with E-state index in [4.69, 9.17) is 9.47 Å². The third-order valence-corrected chi connectivity index (χ3v) is 2.12. The molecule has 1 unspecified atom stereocenters. The zero-order chi connectivity index (χ0) is 14.4. The number of hydrogen-bond acceptors (Lipinski definition) is 4. The first kappa shape index (κ1) is 19.3. The van der Waals surface area contributed by atoms with Gasteiger partial charge in [0.2, 0.25) is 0 Å². The standard InChI is InChI=1S/2C7H14O2/c1-4-5-6(2)9-7(3)8;1-3-4-5-6-9-7(2)8/h6H,4-5H2,1-3H3;3-6H2,1-2H3. The summed E-state index contributed by atoms with van der Waals surface area (Å²) in [4.78, 5) is 20.5. The third-order valence-electron chi connectivity index (χ3n) is 2.12. The Hall–Kier alpha value is -1.06. The van der Waals surface area contributed by atoms with E-state index in [-0.39, 0.29) is 18.0 Å². The minimum atomic E-state index is -0.184. The van der Waals surface area contributed by atoms with Gasteiger partial charge in [-0.05, 0) is 19.8 Å². The van der Waals surface area contributed by atoms with Gasteiger partial charge in [0, 0.05) is 13.8 Å². The Morgan fingerprint density at radius 3 is 2.00 bits per heavy atom. The van der Waals surface area contributed by atoms with E-state index in [1.165, 1.54) is 20.3 Å². The van der Waals surface area contributed by atoms with E-state index in [9.17, 15) is 9.59 Å². The minimum Gasteiger partial charge on any atom is -0.466 e. The zero-order valence-corrected chi connectivity index (χ0v) is 12.5. The molecule has 0 N–H and O–H groups in total. The van der Waals surface area contributed by atoms with Gasteiger partial charge in [0.15, 0.2) is 0 Å². The Kier molecular flexibility index (Phi) is 15.0. The highest BCUT2D eigenvalue weighted by Crippen LogP contribution is 1.99. The number of carbonyl (C=O) groups is 2. The van der Waals surface area contributed by atoms with Crippen molar-refractivity contribution in [3.63, 3.8) is 0 Å². The molecule has 1 atom stereocenters. The van der Waals surface area contributed by atoms with Crippen LogP contribution in [0.3, 0.4) is 0 Å². The molecule has 0 aromatic carbocycles. The van der Waals surface area contributed by atoms with E-state index < -0.39 is 0 Å². The lowest BCUT2D eigenvalue weighted by molar-refractivity contribution is -0.145. The van der Waals surface area contributed by atoms with E-state index in [1.807, 2.05) is 6.92 Å². The largest absolute Gasteiger partial charge is 0.466 e. The fourth-order valence-electron chi connectivity index (χ4n) is 1.32. The fourth-order valence-corrected chi connectivity index (χ4v) is 1.32. The molecule has 0 aliphatic carbocycles. The summed E-state index contributed by atoms with van der Waals surface area (Å²) < 4.78 is 9.56. The molecule has 0 fully saturated rings. The van der Waals surface area contributed by atoms with Gasteiger partial charge in [-0.25, -0.2) is 0 Å². The number of unbranched alkanes of at least 4 members (excludes halogenated alkanes) is 2. The van der Waals surface area contributed by atoms with Gasteiger partial charge in [-0.1, -0.05) is 33.1 Å². The molecule has 0 amide bonds. The molecule has 0 spiro atoms. The average molecular weight is 260 g/mol. The normalized spacial score (nSPS) is 10.9. The summed E-state index contributed by atoms with van der Waals surface area (Å²) >= 11 is 0. The summed E-state index contributed by atoms with van der Waals surface area (Å²) in [7, 11) is 0. The maximum absolute atomic E-state index is 10.3. The molecule has 0 heterocycles. The van der Waals surface area contributed by atoms with Crippen LogP contribution in [0.25, 0.3) is 0 Å². The van der Waals surface area contributed by atoms with Gasteiger partial charge in [-0.15, -0.1) is 0 Å². The molecule has 0 rings (SSSR count). The molecule has 4 heteroatoms. The van der Waals surface area contributed by atoms with Crippen LogP contribution in [0, 0.1) is 0 Å². The number of carbonyl (C=O) groups excluding carboxylic acids is 2. The van der Waals surface area contributed by atoms with Gasteiger partial charge in [0.1, 0.15) is 0 Å². The summed E-state index contributed by atoms with van der Waals surface area (Å²) in [5.74, 6) is -0.359. The predicted octanol–water partition coefficient (Wildman–Crippen LogP) is 3.48. The SMILES string of the molecule is CCCC(C)OC(C)=O.CCCCCOC(C)=O. The summed E-state index contributed by atoms with van der Waals surface area (Å²) in [6.07, 6.45) is 5.42. The molecule has 0 aromatic rings. The summed E-state index contributed by atoms with van der Waals surface area (Å²) in [5.41, 5.74) is 0. The van der Waals surface area contributed by atoms with Gasteiger partial charge in [-0.2, -0.15) is 0 Å². The number of rotatable bonds is 7. The Morgan fingerprint density at radius 1 is 1.00 bits per heavy atom. The van der Waals surface area contributed by atoms with E-state index >= 15 is 0 Å². The van der Waals surface area contributed by atoms with Crippen molar-refractivity contribution in [3.05, 3.63) is 0 Å². The molecule has 0 bridgehead atoms. The third kappa shape index (κ3) is 20.4. The van der Waals surface area contributed by atoms with Gasteiger partial charge < -0.3 is 9.47 Å². The van der Waals surface area contributed by atoms with Gasteiger partial charge in [-0.3, -0.25) is 9.59 Å². The second kappa shape index (κ2) is 14.0. The zero-order valence-electron chi connectivity index (χ0n) is 12.5. The van der Waals surface area contributed by atoms with Crippen LogP contribution in [0.4, 0.5) is 0 Å². The first-order valence-corrected chi connectivity index (χ1v) is 6.74. The average Bonchev–Trinajstić information content (AvgIpc) is 2.24. The van der Waals surface area contributed by atoms with Crippen LogP contribution in [0.5, 0.6) is 0 Å². The predicted molar refractivity (Wildman–Crippen MR) is 72.3 cm³/mol. The monoisotopic (exact) mass is 260 g/mol. The van der Waals surface area contributed by atoms with Gasteiger partial charge in [0.25, 0.3) is 0 Å². The van der Waals surface area contributed by atoms with Crippen molar-refractivity contribution in [2.45, 2.75) is 72.8 Å². The Balaban J connectivity index is 0. The van der Waals surface area contributed by atoms with Crippen LogP contribution < -0.4 is 0 Å². The quantitative estimate of drug-likeness (QED) is 0.519. The van der Waals surface area contributed by atoms with Crippen LogP contribution in [0.2, 0.25) is 0 Å². The van der Waals surface area contributed by atoms with Crippen molar-refractivity contribution in [2.24, 2.45) is 0 Å². The van der Waals surface area contributed by atoms with Crippen LogP contribution in [0.15, 0.2) is 0 Å². The van der Waals surface area contributed by atoms with Crippen molar-refractivity contribution in [2.75, 3.05) is 6.61 Å². The van der Waals surface area contributed by atoms with Gasteiger partial charge >= 0.3 is 11.9 Å². The van der Waals surface area contributed by atoms with E-state index in [0.717, 1.165) is 25.7 Å². The molecule has 18 heavy (non-hydrogen) atoms. The maximum Gasteiger partial charge on any atom is 0.302 e. The molecule has 0 saturated heterocycles. The first-order valence-electron chi connectivity index (χ1n) is 6.74. The maximum atomic E-state index is 10.3.